The van der Waals surface area contributed by atoms with Crippen molar-refractivity contribution in [2.75, 3.05) is 11.1 Å². The monoisotopic (exact) mass is 386 g/mol. The number of fused-ring (bicyclic) bond motifs is 1. The molecular weight excluding hydrogens is 363 g/mol. The lowest BCUT2D eigenvalue weighted by molar-refractivity contribution is -0.118. The summed E-state index contributed by atoms with van der Waals surface area (Å²) in [7, 11) is 0. The third-order valence-corrected chi connectivity index (χ3v) is 5.98. The smallest absolute Gasteiger partial charge is 0.227 e. The molecule has 0 saturated heterocycles. The van der Waals surface area contributed by atoms with Crippen LogP contribution < -0.4 is 5.32 Å². The first-order valence-electron chi connectivity index (χ1n) is 9.26. The Morgan fingerprint density at radius 1 is 1.30 bits per heavy atom. The molecule has 0 spiro atoms. The third kappa shape index (κ3) is 3.40. The molecule has 27 heavy (non-hydrogen) atoms. The Balaban J connectivity index is 1.83. The second kappa shape index (κ2) is 6.78. The fourth-order valence-electron chi connectivity index (χ4n) is 3.80. The number of anilines is 1. The average Bonchev–Trinajstić information content (AvgIpc) is 3.00. The van der Waals surface area contributed by atoms with Gasteiger partial charge in [0.2, 0.25) is 11.1 Å². The highest BCUT2D eigenvalue weighted by Gasteiger charge is 2.41. The zero-order valence-corrected chi connectivity index (χ0v) is 16.6. The minimum Gasteiger partial charge on any atom is -0.328 e. The number of hydrogen-bond acceptors (Lipinski definition) is 5. The standard InChI is InChI=1S/C20H23FN4OS/c1-4-9-27-19-23-18-22-14-10-20(2,3)11-15(26)16(14)17(25(18)24-19)12-5-7-13(21)8-6-12/h5-8,17H,4,9-11H2,1-3H3,(H,22,23,24). The summed E-state index contributed by atoms with van der Waals surface area (Å²) in [5.41, 5.74) is 2.39. The molecule has 1 atom stereocenters. The fraction of sp³-hybridized carbons (Fsp3) is 0.450. The molecule has 0 bridgehead atoms. The van der Waals surface area contributed by atoms with E-state index in [1.165, 1.54) is 12.1 Å². The van der Waals surface area contributed by atoms with Crippen LogP contribution in [-0.4, -0.2) is 26.3 Å². The second-order valence-corrected chi connectivity index (χ2v) is 8.99. The molecule has 0 fully saturated rings. The number of allylic oxidation sites excluding steroid dienone is 2. The summed E-state index contributed by atoms with van der Waals surface area (Å²) in [6.45, 7) is 6.32. The van der Waals surface area contributed by atoms with Crippen molar-refractivity contribution in [1.29, 1.82) is 0 Å². The zero-order chi connectivity index (χ0) is 19.2. The Kier molecular flexibility index (Phi) is 4.58. The second-order valence-electron chi connectivity index (χ2n) is 7.92. The van der Waals surface area contributed by atoms with Gasteiger partial charge in [0.25, 0.3) is 0 Å². The number of Topliss-reactive ketones (excluding diaryl/α,β-unsaturated/α-hetero) is 1. The summed E-state index contributed by atoms with van der Waals surface area (Å²) in [6, 6.07) is 5.95. The molecule has 1 N–H and O–H groups in total. The molecule has 1 unspecified atom stereocenters. The van der Waals surface area contributed by atoms with E-state index in [1.807, 2.05) is 0 Å². The maximum absolute atomic E-state index is 13.5. The van der Waals surface area contributed by atoms with Gasteiger partial charge in [-0.1, -0.05) is 44.7 Å². The van der Waals surface area contributed by atoms with Gasteiger partial charge in [-0.15, -0.1) is 5.10 Å². The van der Waals surface area contributed by atoms with E-state index in [2.05, 4.69) is 36.2 Å². The first-order chi connectivity index (χ1) is 12.9. The van der Waals surface area contributed by atoms with Crippen LogP contribution in [0.25, 0.3) is 0 Å². The molecular formula is C20H23FN4OS. The summed E-state index contributed by atoms with van der Waals surface area (Å²) in [4.78, 5) is 17.7. The first kappa shape index (κ1) is 18.2. The molecule has 4 rings (SSSR count). The number of benzene rings is 1. The van der Waals surface area contributed by atoms with Gasteiger partial charge in [-0.3, -0.25) is 4.79 Å². The molecule has 2 aliphatic rings. The number of nitrogens with one attached hydrogen (secondary N) is 1. The molecule has 1 aliphatic heterocycles. The predicted octanol–water partition coefficient (Wildman–Crippen LogP) is 4.58. The van der Waals surface area contributed by atoms with Crippen LogP contribution in [0.2, 0.25) is 0 Å². The quantitative estimate of drug-likeness (QED) is 0.780. The number of hydrogen-bond donors (Lipinski definition) is 1. The number of nitrogens with zero attached hydrogens (tertiary/aromatic N) is 3. The van der Waals surface area contributed by atoms with Crippen molar-refractivity contribution in [2.45, 2.75) is 51.2 Å². The van der Waals surface area contributed by atoms with Crippen molar-refractivity contribution >= 4 is 23.5 Å². The first-order valence-corrected chi connectivity index (χ1v) is 10.2. The van der Waals surface area contributed by atoms with Crippen LogP contribution in [0.4, 0.5) is 10.3 Å². The van der Waals surface area contributed by atoms with Crippen LogP contribution in [0.5, 0.6) is 0 Å². The lowest BCUT2D eigenvalue weighted by Crippen LogP contribution is -2.36. The van der Waals surface area contributed by atoms with Gasteiger partial charge in [-0.25, -0.2) is 9.07 Å². The van der Waals surface area contributed by atoms with E-state index < -0.39 is 0 Å². The van der Waals surface area contributed by atoms with Crippen LogP contribution in [0.3, 0.4) is 0 Å². The van der Waals surface area contributed by atoms with Crippen LogP contribution >= 0.6 is 11.8 Å². The van der Waals surface area contributed by atoms with Crippen molar-refractivity contribution in [3.8, 4) is 0 Å². The molecule has 142 valence electrons. The number of aromatic nitrogens is 3. The van der Waals surface area contributed by atoms with E-state index in [0.29, 0.717) is 17.5 Å². The van der Waals surface area contributed by atoms with Gasteiger partial charge in [0.1, 0.15) is 11.9 Å². The maximum atomic E-state index is 13.5. The van der Waals surface area contributed by atoms with E-state index >= 15 is 0 Å². The molecule has 5 nitrogen and oxygen atoms in total. The fourth-order valence-corrected chi connectivity index (χ4v) is 4.48. The Bertz CT molecular complexity index is 917. The molecule has 0 amide bonds. The Labute approximate surface area is 162 Å². The lowest BCUT2D eigenvalue weighted by Gasteiger charge is -2.38. The highest BCUT2D eigenvalue weighted by atomic mass is 32.2. The zero-order valence-electron chi connectivity index (χ0n) is 15.8. The van der Waals surface area contributed by atoms with Gasteiger partial charge in [0.05, 0.1) is 0 Å². The SMILES string of the molecule is CCCSc1nc2n(n1)C(c1ccc(F)cc1)C1=C(CC(C)(C)CC1=O)N2. The third-order valence-electron chi connectivity index (χ3n) is 4.93. The van der Waals surface area contributed by atoms with Crippen LogP contribution in [-0.2, 0) is 4.79 Å². The van der Waals surface area contributed by atoms with E-state index in [1.54, 1.807) is 28.6 Å². The summed E-state index contributed by atoms with van der Waals surface area (Å²) in [5.74, 6) is 1.40. The van der Waals surface area contributed by atoms with Gasteiger partial charge in [-0.05, 0) is 36.0 Å². The minimum atomic E-state index is -0.371. The average molecular weight is 386 g/mol. The number of rotatable bonds is 4. The van der Waals surface area contributed by atoms with Crippen LogP contribution in [0, 0.1) is 11.2 Å². The molecule has 0 saturated carbocycles. The Morgan fingerprint density at radius 2 is 2.04 bits per heavy atom. The highest BCUT2D eigenvalue weighted by Crippen LogP contribution is 2.45. The van der Waals surface area contributed by atoms with E-state index in [9.17, 15) is 9.18 Å². The van der Waals surface area contributed by atoms with E-state index in [4.69, 9.17) is 0 Å². The van der Waals surface area contributed by atoms with Crippen molar-refractivity contribution in [3.63, 3.8) is 0 Å². The normalized spacial score (nSPS) is 20.9. The van der Waals surface area contributed by atoms with Gasteiger partial charge >= 0.3 is 0 Å². The topological polar surface area (TPSA) is 59.8 Å². The minimum absolute atomic E-state index is 0.0990. The van der Waals surface area contributed by atoms with Gasteiger partial charge in [-0.2, -0.15) is 4.98 Å². The molecule has 1 aliphatic carbocycles. The van der Waals surface area contributed by atoms with E-state index in [0.717, 1.165) is 35.4 Å². The summed E-state index contributed by atoms with van der Waals surface area (Å²) < 4.78 is 15.3. The van der Waals surface area contributed by atoms with Gasteiger partial charge in [0, 0.05) is 23.4 Å². The lowest BCUT2D eigenvalue weighted by atomic mass is 9.73. The maximum Gasteiger partial charge on any atom is 0.227 e. The number of carbonyl (C=O) groups is 1. The predicted molar refractivity (Wildman–Crippen MR) is 104 cm³/mol. The Hall–Kier alpha value is -2.15. The molecule has 7 heteroatoms. The number of halogens is 1. The van der Waals surface area contributed by atoms with Crippen LogP contribution in [0.1, 0.15) is 51.6 Å². The van der Waals surface area contributed by atoms with Gasteiger partial charge < -0.3 is 5.32 Å². The largest absolute Gasteiger partial charge is 0.328 e. The molecule has 1 aromatic carbocycles. The van der Waals surface area contributed by atoms with Gasteiger partial charge in [0.15, 0.2) is 5.78 Å². The number of carbonyl (C=O) groups excluding carboxylic acids is 1. The van der Waals surface area contributed by atoms with E-state index in [-0.39, 0.29) is 23.1 Å². The Morgan fingerprint density at radius 3 is 2.74 bits per heavy atom. The molecule has 2 aromatic rings. The van der Waals surface area contributed by atoms with Crippen molar-refractivity contribution in [3.05, 3.63) is 46.9 Å². The highest BCUT2D eigenvalue weighted by molar-refractivity contribution is 7.99. The van der Waals surface area contributed by atoms with Crippen molar-refractivity contribution in [1.82, 2.24) is 14.8 Å². The van der Waals surface area contributed by atoms with Crippen molar-refractivity contribution in [2.24, 2.45) is 5.41 Å². The summed E-state index contributed by atoms with van der Waals surface area (Å²) in [5, 5.41) is 8.70. The molecule has 1 aromatic heterocycles. The van der Waals surface area contributed by atoms with Crippen LogP contribution in [0.15, 0.2) is 40.7 Å². The number of ketones is 1. The summed E-state index contributed by atoms with van der Waals surface area (Å²) >= 11 is 1.60. The van der Waals surface area contributed by atoms with Crippen molar-refractivity contribution < 1.29 is 9.18 Å². The molecule has 2 heterocycles. The summed E-state index contributed by atoms with van der Waals surface area (Å²) in [6.07, 6.45) is 2.30. The molecule has 0 radical (unpaired) electrons. The number of thioether (sulfide) groups is 1.